The first kappa shape index (κ1) is 29.9. The van der Waals surface area contributed by atoms with Crippen molar-refractivity contribution in [1.29, 1.82) is 0 Å². The molecular weight excluding hydrogens is 616 g/mol. The zero-order chi connectivity index (χ0) is 30.2. The van der Waals surface area contributed by atoms with Crippen molar-refractivity contribution in [3.63, 3.8) is 0 Å². The summed E-state index contributed by atoms with van der Waals surface area (Å²) < 4.78 is 6.67. The third kappa shape index (κ3) is 5.84. The van der Waals surface area contributed by atoms with E-state index in [2.05, 4.69) is 26.6 Å². The molecule has 218 valence electrons. The quantitative estimate of drug-likeness (QED) is 0.216. The normalized spacial score (nSPS) is 15.3. The molecule has 4 aromatic rings. The van der Waals surface area contributed by atoms with E-state index < -0.39 is 11.6 Å². The van der Waals surface area contributed by atoms with Gasteiger partial charge in [0.15, 0.2) is 0 Å². The summed E-state index contributed by atoms with van der Waals surface area (Å²) in [5.74, 6) is 0.0103. The number of anilines is 2. The summed E-state index contributed by atoms with van der Waals surface area (Å²) in [7, 11) is 0. The molecule has 0 bridgehead atoms. The number of halogens is 1. The smallest absolute Gasteiger partial charge is 0.255 e. The Hall–Kier alpha value is -3.60. The lowest BCUT2D eigenvalue weighted by Crippen LogP contribution is -2.50. The van der Waals surface area contributed by atoms with E-state index in [1.165, 1.54) is 11.8 Å². The molecule has 10 heteroatoms. The number of amides is 3. The molecule has 0 radical (unpaired) electrons. The molecule has 1 aliphatic heterocycles. The zero-order valence-electron chi connectivity index (χ0n) is 23.9. The molecule has 2 heterocycles. The van der Waals surface area contributed by atoms with Crippen molar-refractivity contribution in [3.05, 3.63) is 76.5 Å². The summed E-state index contributed by atoms with van der Waals surface area (Å²) in [6, 6.07) is 16.3. The van der Waals surface area contributed by atoms with E-state index >= 15 is 0 Å². The van der Waals surface area contributed by atoms with E-state index in [0.29, 0.717) is 45.0 Å². The first-order chi connectivity index (χ1) is 20.0. The first-order valence-corrected chi connectivity index (χ1v) is 15.5. The van der Waals surface area contributed by atoms with Gasteiger partial charge in [-0.15, -0.1) is 11.8 Å². The van der Waals surface area contributed by atoms with E-state index in [9.17, 15) is 14.4 Å². The zero-order valence-corrected chi connectivity index (χ0v) is 26.3. The number of benzene rings is 3. The third-order valence-electron chi connectivity index (χ3n) is 7.02. The van der Waals surface area contributed by atoms with Crippen LogP contribution in [0.15, 0.2) is 74.6 Å². The minimum Gasteiger partial charge on any atom is -0.463 e. The number of nitrogens with two attached hydrogens (primary N) is 1. The van der Waals surface area contributed by atoms with E-state index in [-0.39, 0.29) is 24.1 Å². The van der Waals surface area contributed by atoms with Crippen LogP contribution in [0.3, 0.4) is 0 Å². The minimum absolute atomic E-state index is 0.0755. The summed E-state index contributed by atoms with van der Waals surface area (Å²) in [6.07, 6.45) is 1.75. The van der Waals surface area contributed by atoms with E-state index in [1.54, 1.807) is 31.1 Å². The fourth-order valence-electron chi connectivity index (χ4n) is 5.10. The predicted octanol–water partition coefficient (Wildman–Crippen LogP) is 6.30. The third-order valence-corrected chi connectivity index (χ3v) is 9.17. The molecule has 1 aliphatic rings. The Balaban J connectivity index is 1.69. The second kappa shape index (κ2) is 11.9. The highest BCUT2D eigenvalue weighted by Crippen LogP contribution is 2.46. The molecule has 3 amide bonds. The topological polar surface area (TPSA) is 118 Å². The molecular formula is C32H33BrN4O4S. The van der Waals surface area contributed by atoms with Crippen LogP contribution in [-0.4, -0.2) is 41.6 Å². The van der Waals surface area contributed by atoms with Gasteiger partial charge in [0.2, 0.25) is 5.91 Å². The number of carbonyl (C=O) groups excluding carboxylic acids is 3. The predicted molar refractivity (Wildman–Crippen MR) is 171 cm³/mol. The van der Waals surface area contributed by atoms with Gasteiger partial charge in [-0.2, -0.15) is 0 Å². The first-order valence-electron chi connectivity index (χ1n) is 13.7. The molecule has 5 rings (SSSR count). The Morgan fingerprint density at radius 3 is 2.60 bits per heavy atom. The number of hydrogen-bond acceptors (Lipinski definition) is 6. The lowest BCUT2D eigenvalue weighted by molar-refractivity contribution is -0.127. The Kier molecular flexibility index (Phi) is 8.50. The molecule has 0 saturated heterocycles. The number of nitrogens with zero attached hydrogens (tertiary/aromatic N) is 1. The fourth-order valence-corrected chi connectivity index (χ4v) is 6.76. The number of hydrogen-bond donors (Lipinski definition) is 3. The molecule has 4 N–H and O–H groups in total. The van der Waals surface area contributed by atoms with Crippen LogP contribution in [0.4, 0.5) is 11.4 Å². The van der Waals surface area contributed by atoms with Gasteiger partial charge in [0.05, 0.1) is 23.2 Å². The Labute approximate surface area is 257 Å². The van der Waals surface area contributed by atoms with Crippen molar-refractivity contribution in [1.82, 2.24) is 10.6 Å². The second-order valence-electron chi connectivity index (χ2n) is 11.0. The SMILES string of the molecule is CCNC(=O)c1cc(N2C(=O)C(NC(=O)CC(C)(C)N)CSc3ccccc32)c(C)c(Br)c1-c1occ2ccccc12. The molecule has 0 fully saturated rings. The Bertz CT molecular complexity index is 1690. The maximum atomic E-state index is 14.3. The van der Waals surface area contributed by atoms with Crippen molar-refractivity contribution >= 4 is 67.6 Å². The average molecular weight is 650 g/mol. The van der Waals surface area contributed by atoms with Gasteiger partial charge in [0.25, 0.3) is 11.8 Å². The largest absolute Gasteiger partial charge is 0.463 e. The summed E-state index contributed by atoms with van der Waals surface area (Å²) in [4.78, 5) is 43.3. The van der Waals surface area contributed by atoms with Crippen molar-refractivity contribution in [2.75, 3.05) is 17.2 Å². The van der Waals surface area contributed by atoms with Crippen LogP contribution in [0.1, 0.15) is 43.1 Å². The maximum absolute atomic E-state index is 14.3. The monoisotopic (exact) mass is 648 g/mol. The lowest BCUT2D eigenvalue weighted by Gasteiger charge is -2.29. The number of carbonyl (C=O) groups is 3. The summed E-state index contributed by atoms with van der Waals surface area (Å²) >= 11 is 5.27. The van der Waals surface area contributed by atoms with Crippen LogP contribution in [0, 0.1) is 6.92 Å². The number of para-hydroxylation sites is 1. The second-order valence-corrected chi connectivity index (χ2v) is 12.9. The van der Waals surface area contributed by atoms with Gasteiger partial charge in [-0.1, -0.05) is 36.4 Å². The molecule has 3 aromatic carbocycles. The average Bonchev–Trinajstić information content (AvgIpc) is 3.31. The van der Waals surface area contributed by atoms with E-state index in [0.717, 1.165) is 21.2 Å². The number of rotatable bonds is 7. The summed E-state index contributed by atoms with van der Waals surface area (Å²) in [6.45, 7) is 7.71. The number of nitrogens with one attached hydrogen (secondary N) is 2. The molecule has 8 nitrogen and oxygen atoms in total. The van der Waals surface area contributed by atoms with E-state index in [1.807, 2.05) is 62.4 Å². The van der Waals surface area contributed by atoms with Crippen LogP contribution in [0.5, 0.6) is 0 Å². The standard InChI is InChI=1S/C32H33BrN4O4S/c1-5-35-30(39)21-14-24(18(2)28(33)27(21)29-20-11-7-6-10-19(20)16-41-29)37-23-12-8-9-13-25(23)42-17-22(31(37)40)36-26(38)15-32(3,4)34/h6-14,16,22H,5,15,17,34H2,1-4H3,(H,35,39)(H,36,38). The highest BCUT2D eigenvalue weighted by atomic mass is 79.9. The van der Waals surface area contributed by atoms with Crippen LogP contribution in [0.2, 0.25) is 0 Å². The number of thioether (sulfide) groups is 1. The van der Waals surface area contributed by atoms with Gasteiger partial charge < -0.3 is 20.8 Å². The van der Waals surface area contributed by atoms with Gasteiger partial charge >= 0.3 is 0 Å². The molecule has 0 aliphatic carbocycles. The van der Waals surface area contributed by atoms with Crippen LogP contribution in [0.25, 0.3) is 22.1 Å². The van der Waals surface area contributed by atoms with Crippen LogP contribution < -0.4 is 21.3 Å². The van der Waals surface area contributed by atoms with Crippen molar-refractivity contribution < 1.29 is 18.8 Å². The molecule has 42 heavy (non-hydrogen) atoms. The lowest BCUT2D eigenvalue weighted by atomic mass is 9.96. The van der Waals surface area contributed by atoms with Crippen LogP contribution >= 0.6 is 27.7 Å². The molecule has 0 spiro atoms. The van der Waals surface area contributed by atoms with E-state index in [4.69, 9.17) is 10.2 Å². The van der Waals surface area contributed by atoms with Gasteiger partial charge in [-0.3, -0.25) is 19.3 Å². The molecule has 1 aromatic heterocycles. The summed E-state index contributed by atoms with van der Waals surface area (Å²) in [5, 5.41) is 7.60. The fraction of sp³-hybridized carbons (Fsp3) is 0.281. The van der Waals surface area contributed by atoms with Gasteiger partial charge in [0, 0.05) is 50.0 Å². The Morgan fingerprint density at radius 2 is 1.86 bits per heavy atom. The number of fused-ring (bicyclic) bond motifs is 2. The highest BCUT2D eigenvalue weighted by molar-refractivity contribution is 9.10. The van der Waals surface area contributed by atoms with Crippen molar-refractivity contribution in [2.45, 2.75) is 50.6 Å². The Morgan fingerprint density at radius 1 is 1.14 bits per heavy atom. The molecule has 0 saturated carbocycles. The summed E-state index contributed by atoms with van der Waals surface area (Å²) in [5.41, 5.74) is 8.26. The van der Waals surface area contributed by atoms with Crippen molar-refractivity contribution in [2.24, 2.45) is 5.73 Å². The molecule has 1 unspecified atom stereocenters. The minimum atomic E-state index is -0.808. The van der Waals surface area contributed by atoms with Crippen LogP contribution in [-0.2, 0) is 9.59 Å². The van der Waals surface area contributed by atoms with Crippen molar-refractivity contribution in [3.8, 4) is 11.3 Å². The molecule has 1 atom stereocenters. The van der Waals surface area contributed by atoms with Gasteiger partial charge in [-0.25, -0.2) is 0 Å². The highest BCUT2D eigenvalue weighted by Gasteiger charge is 2.36. The van der Waals surface area contributed by atoms with Gasteiger partial charge in [-0.05, 0) is 67.4 Å². The maximum Gasteiger partial charge on any atom is 0.255 e. The number of furan rings is 1. The van der Waals surface area contributed by atoms with Gasteiger partial charge in [0.1, 0.15) is 11.8 Å².